The molecule has 114 valence electrons. The molecule has 0 fully saturated rings. The first-order valence-corrected chi connectivity index (χ1v) is 8.32. The Kier molecular flexibility index (Phi) is 5.45. The van der Waals surface area contributed by atoms with Crippen LogP contribution in [-0.4, -0.2) is 9.78 Å². The summed E-state index contributed by atoms with van der Waals surface area (Å²) >= 11 is 3.53. The fourth-order valence-corrected chi connectivity index (χ4v) is 2.71. The van der Waals surface area contributed by atoms with E-state index < -0.39 is 0 Å². The second kappa shape index (κ2) is 7.12. The number of hydrogen-bond donors (Lipinski definition) is 0. The van der Waals surface area contributed by atoms with Crippen molar-refractivity contribution in [2.45, 2.75) is 53.2 Å². The molecule has 0 aliphatic heterocycles. The molecule has 0 spiro atoms. The third kappa shape index (κ3) is 3.88. The molecule has 4 heteroatoms. The van der Waals surface area contributed by atoms with Gasteiger partial charge in [0.05, 0.1) is 11.4 Å². The monoisotopic (exact) mass is 350 g/mol. The van der Waals surface area contributed by atoms with Crippen molar-refractivity contribution in [1.82, 2.24) is 9.78 Å². The number of aryl methyl sites for hydroxylation is 2. The zero-order chi connectivity index (χ0) is 15.4. The van der Waals surface area contributed by atoms with Crippen LogP contribution in [0.5, 0.6) is 5.75 Å². The van der Waals surface area contributed by atoms with E-state index in [-0.39, 0.29) is 0 Å². The quantitative estimate of drug-likeness (QED) is 0.738. The van der Waals surface area contributed by atoms with Crippen LogP contribution in [0.1, 0.15) is 50.6 Å². The smallest absolute Gasteiger partial charge is 0.130 e. The van der Waals surface area contributed by atoms with Gasteiger partial charge in [0.1, 0.15) is 12.4 Å². The molecule has 0 aliphatic rings. The fraction of sp³-hybridized carbons (Fsp3) is 0.471. The Morgan fingerprint density at radius 3 is 2.62 bits per heavy atom. The maximum absolute atomic E-state index is 6.06. The molecule has 0 saturated heterocycles. The second-order valence-electron chi connectivity index (χ2n) is 5.42. The van der Waals surface area contributed by atoms with Crippen LogP contribution in [-0.2, 0) is 19.6 Å². The van der Waals surface area contributed by atoms with Gasteiger partial charge in [0, 0.05) is 11.0 Å². The zero-order valence-electron chi connectivity index (χ0n) is 13.2. The molecule has 0 bridgehead atoms. The van der Waals surface area contributed by atoms with E-state index in [0.29, 0.717) is 12.5 Å². The minimum absolute atomic E-state index is 0.430. The predicted octanol–water partition coefficient (Wildman–Crippen LogP) is 4.93. The van der Waals surface area contributed by atoms with Crippen molar-refractivity contribution in [2.24, 2.45) is 0 Å². The second-order valence-corrected chi connectivity index (χ2v) is 6.34. The minimum atomic E-state index is 0.430. The summed E-state index contributed by atoms with van der Waals surface area (Å²) in [6.45, 7) is 10.0. The lowest BCUT2D eigenvalue weighted by atomic mass is 10.0. The zero-order valence-corrected chi connectivity index (χ0v) is 14.8. The minimum Gasteiger partial charge on any atom is -0.487 e. The summed E-state index contributed by atoms with van der Waals surface area (Å²) in [4.78, 5) is 0. The maximum Gasteiger partial charge on any atom is 0.130 e. The van der Waals surface area contributed by atoms with Crippen LogP contribution >= 0.6 is 15.9 Å². The first kappa shape index (κ1) is 16.1. The SMILES string of the molecule is CCc1cc(COc2ccc(Br)cc2C(C)C)n(CC)n1. The standard InChI is InChI=1S/C17H23BrN2O/c1-5-14-10-15(20(6-2)19-14)11-21-17-8-7-13(18)9-16(17)12(3)4/h7-10,12H,5-6,11H2,1-4H3. The molecule has 3 nitrogen and oxygen atoms in total. The van der Waals surface area contributed by atoms with Crippen molar-refractivity contribution in [3.8, 4) is 5.75 Å². The molecule has 1 aromatic carbocycles. The van der Waals surface area contributed by atoms with E-state index in [1.54, 1.807) is 0 Å². The largest absolute Gasteiger partial charge is 0.487 e. The lowest BCUT2D eigenvalue weighted by molar-refractivity contribution is 0.288. The average molecular weight is 351 g/mol. The van der Waals surface area contributed by atoms with Crippen molar-refractivity contribution < 1.29 is 4.74 Å². The molecule has 0 unspecified atom stereocenters. The van der Waals surface area contributed by atoms with Gasteiger partial charge in [0.2, 0.25) is 0 Å². The van der Waals surface area contributed by atoms with Gasteiger partial charge in [-0.05, 0) is 49.1 Å². The van der Waals surface area contributed by atoms with Gasteiger partial charge in [-0.2, -0.15) is 5.10 Å². The molecular formula is C17H23BrN2O. The van der Waals surface area contributed by atoms with E-state index in [4.69, 9.17) is 4.74 Å². The topological polar surface area (TPSA) is 27.1 Å². The Hall–Kier alpha value is -1.29. The summed E-state index contributed by atoms with van der Waals surface area (Å²) in [7, 11) is 0. The number of ether oxygens (including phenoxy) is 1. The van der Waals surface area contributed by atoms with Crippen molar-refractivity contribution in [2.75, 3.05) is 0 Å². The van der Waals surface area contributed by atoms with Crippen LogP contribution in [0.3, 0.4) is 0 Å². The Balaban J connectivity index is 2.18. The highest BCUT2D eigenvalue weighted by molar-refractivity contribution is 9.10. The Morgan fingerprint density at radius 2 is 2.00 bits per heavy atom. The summed E-state index contributed by atoms with van der Waals surface area (Å²) < 4.78 is 9.17. The van der Waals surface area contributed by atoms with Gasteiger partial charge in [0.25, 0.3) is 0 Å². The van der Waals surface area contributed by atoms with E-state index in [0.717, 1.165) is 34.6 Å². The van der Waals surface area contributed by atoms with Crippen LogP contribution in [0.4, 0.5) is 0 Å². The van der Waals surface area contributed by atoms with Gasteiger partial charge in [-0.1, -0.05) is 36.7 Å². The average Bonchev–Trinajstić information content (AvgIpc) is 2.88. The lowest BCUT2D eigenvalue weighted by Crippen LogP contribution is -2.07. The highest BCUT2D eigenvalue weighted by Gasteiger charge is 2.11. The number of aromatic nitrogens is 2. The molecule has 0 radical (unpaired) electrons. The normalized spacial score (nSPS) is 11.1. The van der Waals surface area contributed by atoms with E-state index in [9.17, 15) is 0 Å². The first-order valence-electron chi connectivity index (χ1n) is 7.53. The van der Waals surface area contributed by atoms with Gasteiger partial charge in [-0.25, -0.2) is 0 Å². The van der Waals surface area contributed by atoms with E-state index >= 15 is 0 Å². The third-order valence-electron chi connectivity index (χ3n) is 3.55. The molecule has 2 aromatic rings. The summed E-state index contributed by atoms with van der Waals surface area (Å²) in [5.41, 5.74) is 3.48. The number of rotatable bonds is 6. The van der Waals surface area contributed by atoms with Gasteiger partial charge in [-0.3, -0.25) is 4.68 Å². The van der Waals surface area contributed by atoms with E-state index in [1.165, 1.54) is 5.56 Å². The predicted molar refractivity (Wildman–Crippen MR) is 89.8 cm³/mol. The van der Waals surface area contributed by atoms with E-state index in [1.807, 2.05) is 16.8 Å². The Morgan fingerprint density at radius 1 is 1.24 bits per heavy atom. The lowest BCUT2D eigenvalue weighted by Gasteiger charge is -2.15. The van der Waals surface area contributed by atoms with Crippen LogP contribution in [0.25, 0.3) is 0 Å². The van der Waals surface area contributed by atoms with Gasteiger partial charge in [-0.15, -0.1) is 0 Å². The van der Waals surface area contributed by atoms with Crippen molar-refractivity contribution >= 4 is 15.9 Å². The van der Waals surface area contributed by atoms with Crippen molar-refractivity contribution in [3.05, 3.63) is 45.7 Å². The summed E-state index contributed by atoms with van der Waals surface area (Å²) in [5, 5.41) is 4.56. The molecule has 1 heterocycles. The van der Waals surface area contributed by atoms with E-state index in [2.05, 4.69) is 60.9 Å². The Bertz CT molecular complexity index is 605. The molecule has 0 amide bonds. The third-order valence-corrected chi connectivity index (χ3v) is 4.04. The number of benzene rings is 1. The molecule has 1 aromatic heterocycles. The number of nitrogens with zero attached hydrogens (tertiary/aromatic N) is 2. The van der Waals surface area contributed by atoms with Crippen LogP contribution < -0.4 is 4.74 Å². The van der Waals surface area contributed by atoms with Crippen LogP contribution in [0.15, 0.2) is 28.7 Å². The van der Waals surface area contributed by atoms with Crippen LogP contribution in [0, 0.1) is 0 Å². The highest BCUT2D eigenvalue weighted by Crippen LogP contribution is 2.30. The summed E-state index contributed by atoms with van der Waals surface area (Å²) in [6.07, 6.45) is 0.954. The van der Waals surface area contributed by atoms with Crippen molar-refractivity contribution in [1.29, 1.82) is 0 Å². The van der Waals surface area contributed by atoms with Gasteiger partial charge < -0.3 is 4.74 Å². The number of halogens is 1. The summed E-state index contributed by atoms with van der Waals surface area (Å²) in [5.74, 6) is 1.38. The maximum atomic E-state index is 6.06. The van der Waals surface area contributed by atoms with Crippen molar-refractivity contribution in [3.63, 3.8) is 0 Å². The molecule has 0 atom stereocenters. The molecule has 0 aliphatic carbocycles. The highest BCUT2D eigenvalue weighted by atomic mass is 79.9. The molecular weight excluding hydrogens is 328 g/mol. The van der Waals surface area contributed by atoms with Crippen LogP contribution in [0.2, 0.25) is 0 Å². The fourth-order valence-electron chi connectivity index (χ4n) is 2.33. The molecule has 21 heavy (non-hydrogen) atoms. The molecule has 0 N–H and O–H groups in total. The van der Waals surface area contributed by atoms with Gasteiger partial charge >= 0.3 is 0 Å². The first-order chi connectivity index (χ1) is 10.0. The molecule has 0 saturated carbocycles. The molecule has 2 rings (SSSR count). The summed E-state index contributed by atoms with van der Waals surface area (Å²) in [6, 6.07) is 8.33. The van der Waals surface area contributed by atoms with Gasteiger partial charge in [0.15, 0.2) is 0 Å². The Labute approximate surface area is 135 Å². The number of hydrogen-bond acceptors (Lipinski definition) is 2.